The van der Waals surface area contributed by atoms with Gasteiger partial charge in [0.15, 0.2) is 0 Å². The van der Waals surface area contributed by atoms with Crippen LogP contribution in [0.5, 0.6) is 5.75 Å². The minimum Gasteiger partial charge on any atom is -0.507 e. The summed E-state index contributed by atoms with van der Waals surface area (Å²) in [5.41, 5.74) is 3.13. The molecule has 1 aliphatic carbocycles. The molecule has 0 aromatic heterocycles. The number of rotatable bonds is 2. The second-order valence-corrected chi connectivity index (χ2v) is 5.87. The molecule has 1 saturated carbocycles. The average Bonchev–Trinajstić information content (AvgIpc) is 2.34. The quantitative estimate of drug-likeness (QED) is 0.812. The van der Waals surface area contributed by atoms with E-state index in [0.29, 0.717) is 18.6 Å². The van der Waals surface area contributed by atoms with Crippen molar-refractivity contribution in [1.82, 2.24) is 5.43 Å². The number of hydrazone groups is 1. The number of amides is 1. The molecule has 5 heteroatoms. The molecule has 1 aromatic carbocycles. The van der Waals surface area contributed by atoms with Crippen LogP contribution in [0, 0.1) is 5.41 Å². The molecule has 0 heterocycles. The van der Waals surface area contributed by atoms with Gasteiger partial charge in [-0.25, -0.2) is 5.43 Å². The molecule has 106 valence electrons. The number of carbonyl (C=O) groups is 2. The van der Waals surface area contributed by atoms with E-state index in [2.05, 4.69) is 10.5 Å². The van der Waals surface area contributed by atoms with Crippen LogP contribution in [0.2, 0.25) is 0 Å². The Morgan fingerprint density at radius 1 is 1.30 bits per heavy atom. The normalized spacial score (nSPS) is 19.9. The Labute approximate surface area is 117 Å². The number of phenolic OH excluding ortho intramolecular Hbond substituents is 1. The number of para-hydroxylation sites is 1. The number of hydrogen-bond acceptors (Lipinski definition) is 4. The molecule has 20 heavy (non-hydrogen) atoms. The lowest BCUT2D eigenvalue weighted by atomic mass is 9.76. The molecule has 0 spiro atoms. The molecule has 1 aromatic rings. The van der Waals surface area contributed by atoms with Crippen LogP contribution in [0.3, 0.4) is 0 Å². The third-order valence-corrected chi connectivity index (χ3v) is 3.22. The Morgan fingerprint density at radius 3 is 2.65 bits per heavy atom. The summed E-state index contributed by atoms with van der Waals surface area (Å²) in [6.07, 6.45) is 1.50. The zero-order valence-corrected chi connectivity index (χ0v) is 11.6. The average molecular weight is 274 g/mol. The van der Waals surface area contributed by atoms with Gasteiger partial charge in [-0.3, -0.25) is 9.59 Å². The molecular formula is C15H18N2O3. The first-order valence-corrected chi connectivity index (χ1v) is 6.53. The minimum absolute atomic E-state index is 0.0924. The van der Waals surface area contributed by atoms with Gasteiger partial charge in [-0.15, -0.1) is 0 Å². The number of benzene rings is 1. The number of nitrogens with zero attached hydrogens (tertiary/aromatic N) is 1. The Morgan fingerprint density at radius 2 is 2.00 bits per heavy atom. The molecule has 0 atom stereocenters. The standard InChI is InChI=1S/C15H18N2O3/c1-15(2)8-10(7-11(18)9-15)16-17-14(20)12-5-3-4-6-13(12)19/h3-6,19H,7-9H2,1-2H3,(H,17,20)/b16-10+. The summed E-state index contributed by atoms with van der Waals surface area (Å²) < 4.78 is 0. The van der Waals surface area contributed by atoms with Crippen LogP contribution in [-0.2, 0) is 4.79 Å². The van der Waals surface area contributed by atoms with Gasteiger partial charge in [0.25, 0.3) is 5.91 Å². The van der Waals surface area contributed by atoms with E-state index in [0.717, 1.165) is 0 Å². The molecule has 5 nitrogen and oxygen atoms in total. The first kappa shape index (κ1) is 14.2. The summed E-state index contributed by atoms with van der Waals surface area (Å²) in [4.78, 5) is 23.5. The van der Waals surface area contributed by atoms with Gasteiger partial charge in [0.1, 0.15) is 11.5 Å². The summed E-state index contributed by atoms with van der Waals surface area (Å²) in [5, 5.41) is 13.6. The van der Waals surface area contributed by atoms with Crippen LogP contribution in [0.15, 0.2) is 29.4 Å². The molecular weight excluding hydrogens is 256 g/mol. The van der Waals surface area contributed by atoms with Crippen molar-refractivity contribution >= 4 is 17.4 Å². The van der Waals surface area contributed by atoms with E-state index in [1.807, 2.05) is 13.8 Å². The third-order valence-electron chi connectivity index (χ3n) is 3.22. The number of hydrogen-bond donors (Lipinski definition) is 2. The zero-order chi connectivity index (χ0) is 14.8. The predicted octanol–water partition coefficient (Wildman–Crippen LogP) is 2.26. The molecule has 0 bridgehead atoms. The van der Waals surface area contributed by atoms with Crippen molar-refractivity contribution in [1.29, 1.82) is 0 Å². The lowest BCUT2D eigenvalue weighted by molar-refractivity contribution is -0.120. The fourth-order valence-corrected chi connectivity index (χ4v) is 2.44. The number of ketones is 1. The van der Waals surface area contributed by atoms with Crippen LogP contribution >= 0.6 is 0 Å². The van der Waals surface area contributed by atoms with Gasteiger partial charge in [-0.1, -0.05) is 26.0 Å². The molecule has 0 saturated heterocycles. The fourth-order valence-electron chi connectivity index (χ4n) is 2.44. The zero-order valence-electron chi connectivity index (χ0n) is 11.6. The van der Waals surface area contributed by atoms with E-state index < -0.39 is 5.91 Å². The highest BCUT2D eigenvalue weighted by atomic mass is 16.3. The molecule has 0 aliphatic heterocycles. The maximum atomic E-state index is 11.9. The molecule has 1 aliphatic rings. The summed E-state index contributed by atoms with van der Waals surface area (Å²) in [5.74, 6) is -0.437. The SMILES string of the molecule is CC1(C)CC(=O)C/C(=N\NC(=O)c2ccccc2O)C1. The number of phenols is 1. The largest absolute Gasteiger partial charge is 0.507 e. The van der Waals surface area contributed by atoms with Gasteiger partial charge in [-0.2, -0.15) is 5.10 Å². The summed E-state index contributed by atoms with van der Waals surface area (Å²) in [6, 6.07) is 6.26. The van der Waals surface area contributed by atoms with Gasteiger partial charge in [0.2, 0.25) is 0 Å². The van der Waals surface area contributed by atoms with Crippen LogP contribution in [0.1, 0.15) is 43.5 Å². The van der Waals surface area contributed by atoms with Crippen LogP contribution in [-0.4, -0.2) is 22.5 Å². The highest BCUT2D eigenvalue weighted by molar-refractivity contribution is 6.05. The molecule has 2 N–H and O–H groups in total. The van der Waals surface area contributed by atoms with Crippen molar-refractivity contribution in [3.8, 4) is 5.75 Å². The van der Waals surface area contributed by atoms with E-state index in [1.165, 1.54) is 12.1 Å². The molecule has 0 unspecified atom stereocenters. The van der Waals surface area contributed by atoms with E-state index in [9.17, 15) is 14.7 Å². The molecule has 2 rings (SSSR count). The van der Waals surface area contributed by atoms with Crippen molar-refractivity contribution in [2.45, 2.75) is 33.1 Å². The highest BCUT2D eigenvalue weighted by Gasteiger charge is 2.30. The van der Waals surface area contributed by atoms with Crippen molar-refractivity contribution in [2.75, 3.05) is 0 Å². The van der Waals surface area contributed by atoms with Crippen molar-refractivity contribution in [3.05, 3.63) is 29.8 Å². The second-order valence-electron chi connectivity index (χ2n) is 5.87. The number of aromatic hydroxyl groups is 1. The van der Waals surface area contributed by atoms with Crippen molar-refractivity contribution in [2.24, 2.45) is 10.5 Å². The maximum absolute atomic E-state index is 11.9. The number of carbonyl (C=O) groups excluding carboxylic acids is 2. The lowest BCUT2D eigenvalue weighted by Crippen LogP contribution is -2.31. The van der Waals surface area contributed by atoms with E-state index in [4.69, 9.17) is 0 Å². The highest BCUT2D eigenvalue weighted by Crippen LogP contribution is 2.31. The number of nitrogens with one attached hydrogen (secondary N) is 1. The van der Waals surface area contributed by atoms with Gasteiger partial charge in [-0.05, 0) is 24.0 Å². The van der Waals surface area contributed by atoms with E-state index in [1.54, 1.807) is 12.1 Å². The topological polar surface area (TPSA) is 78.8 Å². The smallest absolute Gasteiger partial charge is 0.275 e. The van der Waals surface area contributed by atoms with Crippen LogP contribution in [0.4, 0.5) is 0 Å². The third kappa shape index (κ3) is 3.44. The van der Waals surface area contributed by atoms with Crippen molar-refractivity contribution < 1.29 is 14.7 Å². The van der Waals surface area contributed by atoms with Crippen molar-refractivity contribution in [3.63, 3.8) is 0 Å². The first-order valence-electron chi connectivity index (χ1n) is 6.53. The second kappa shape index (κ2) is 5.45. The molecule has 1 amide bonds. The first-order chi connectivity index (χ1) is 9.37. The van der Waals surface area contributed by atoms with E-state index in [-0.39, 0.29) is 28.9 Å². The number of Topliss-reactive ketones (excluding diaryl/α,β-unsaturated/α-hetero) is 1. The predicted molar refractivity (Wildman–Crippen MR) is 75.6 cm³/mol. The monoisotopic (exact) mass is 274 g/mol. The maximum Gasteiger partial charge on any atom is 0.275 e. The lowest BCUT2D eigenvalue weighted by Gasteiger charge is -2.29. The Kier molecular flexibility index (Phi) is 3.88. The van der Waals surface area contributed by atoms with Gasteiger partial charge in [0, 0.05) is 18.6 Å². The fraction of sp³-hybridized carbons (Fsp3) is 0.400. The van der Waals surface area contributed by atoms with E-state index >= 15 is 0 Å². The molecule has 0 radical (unpaired) electrons. The minimum atomic E-state index is -0.480. The summed E-state index contributed by atoms with van der Waals surface area (Å²) >= 11 is 0. The Balaban J connectivity index is 2.08. The van der Waals surface area contributed by atoms with Gasteiger partial charge in [0.05, 0.1) is 5.56 Å². The Hall–Kier alpha value is -2.17. The Bertz CT molecular complexity index is 576. The molecule has 1 fully saturated rings. The summed E-state index contributed by atoms with van der Waals surface area (Å²) in [6.45, 7) is 4.01. The van der Waals surface area contributed by atoms with Crippen LogP contribution in [0.25, 0.3) is 0 Å². The van der Waals surface area contributed by atoms with Gasteiger partial charge >= 0.3 is 0 Å². The summed E-state index contributed by atoms with van der Waals surface area (Å²) in [7, 11) is 0. The van der Waals surface area contributed by atoms with Crippen LogP contribution < -0.4 is 5.43 Å². The van der Waals surface area contributed by atoms with Gasteiger partial charge < -0.3 is 5.11 Å².